The number of furan rings is 1. The third-order valence-corrected chi connectivity index (χ3v) is 4.03. The summed E-state index contributed by atoms with van der Waals surface area (Å²) < 4.78 is 11.1. The van der Waals surface area contributed by atoms with Crippen LogP contribution in [0.3, 0.4) is 0 Å². The lowest BCUT2D eigenvalue weighted by Crippen LogP contribution is -2.52. The summed E-state index contributed by atoms with van der Waals surface area (Å²) in [6.07, 6.45) is 2.43. The fourth-order valence-corrected chi connectivity index (χ4v) is 2.88. The SMILES string of the molecule is Cc1nccc(N[C@@H]2COCC[C@@H]2NC(=O)c2oc(C)cc2C)n1. The smallest absolute Gasteiger partial charge is 0.287 e. The number of aromatic nitrogens is 2. The lowest BCUT2D eigenvalue weighted by molar-refractivity contribution is 0.0609. The van der Waals surface area contributed by atoms with Gasteiger partial charge in [-0.25, -0.2) is 9.97 Å². The second-order valence-corrected chi connectivity index (χ2v) is 6.05. The molecule has 1 aliphatic heterocycles. The highest BCUT2D eigenvalue weighted by atomic mass is 16.5. The first-order valence-electron chi connectivity index (χ1n) is 8.05. The summed E-state index contributed by atoms with van der Waals surface area (Å²) in [4.78, 5) is 20.9. The van der Waals surface area contributed by atoms with Crippen molar-refractivity contribution in [1.29, 1.82) is 0 Å². The number of amides is 1. The summed E-state index contributed by atoms with van der Waals surface area (Å²) in [6, 6.07) is 3.54. The lowest BCUT2D eigenvalue weighted by atomic mass is 10.0. The number of nitrogens with zero attached hydrogens (tertiary/aromatic N) is 2. The van der Waals surface area contributed by atoms with E-state index in [-0.39, 0.29) is 18.0 Å². The van der Waals surface area contributed by atoms with Crippen molar-refractivity contribution in [2.45, 2.75) is 39.3 Å². The Bertz CT molecular complexity index is 728. The van der Waals surface area contributed by atoms with Gasteiger partial charge in [0.25, 0.3) is 5.91 Å². The van der Waals surface area contributed by atoms with E-state index in [1.807, 2.05) is 26.8 Å². The summed E-state index contributed by atoms with van der Waals surface area (Å²) in [6.45, 7) is 6.66. The molecule has 128 valence electrons. The average molecular weight is 330 g/mol. The van der Waals surface area contributed by atoms with Crippen molar-refractivity contribution in [1.82, 2.24) is 15.3 Å². The van der Waals surface area contributed by atoms with Crippen molar-refractivity contribution in [2.24, 2.45) is 0 Å². The minimum absolute atomic E-state index is 0.0617. The third-order valence-electron chi connectivity index (χ3n) is 4.03. The molecule has 2 N–H and O–H groups in total. The normalized spacial score (nSPS) is 20.6. The molecule has 1 saturated heterocycles. The molecule has 1 fully saturated rings. The van der Waals surface area contributed by atoms with Crippen molar-refractivity contribution < 1.29 is 13.9 Å². The maximum Gasteiger partial charge on any atom is 0.287 e. The summed E-state index contributed by atoms with van der Waals surface area (Å²) >= 11 is 0. The molecule has 0 spiro atoms. The number of rotatable bonds is 4. The molecule has 1 amide bonds. The minimum atomic E-state index is -0.196. The third kappa shape index (κ3) is 3.73. The summed E-state index contributed by atoms with van der Waals surface area (Å²) in [5, 5.41) is 6.38. The first-order chi connectivity index (χ1) is 11.5. The highest BCUT2D eigenvalue weighted by molar-refractivity contribution is 5.93. The number of ether oxygens (including phenoxy) is 1. The number of hydrogen-bond donors (Lipinski definition) is 2. The minimum Gasteiger partial charge on any atom is -0.456 e. The van der Waals surface area contributed by atoms with Crippen LogP contribution in [0.5, 0.6) is 0 Å². The topological polar surface area (TPSA) is 89.3 Å². The zero-order chi connectivity index (χ0) is 17.1. The molecular formula is C17H22N4O3. The standard InChI is InChI=1S/C17H22N4O3/c1-10-8-11(2)24-16(10)17(22)21-13-5-7-23-9-14(13)20-15-4-6-18-12(3)19-15/h4,6,8,13-14H,5,7,9H2,1-3H3,(H,21,22)(H,18,19,20)/t13-,14+/m0/s1. The zero-order valence-corrected chi connectivity index (χ0v) is 14.1. The number of carbonyl (C=O) groups excluding carboxylic acids is 1. The van der Waals surface area contributed by atoms with Crippen molar-refractivity contribution in [2.75, 3.05) is 18.5 Å². The van der Waals surface area contributed by atoms with Crippen LogP contribution in [0.25, 0.3) is 0 Å². The molecule has 1 aliphatic rings. The van der Waals surface area contributed by atoms with Gasteiger partial charge in [0.1, 0.15) is 17.4 Å². The molecule has 0 saturated carbocycles. The first-order valence-corrected chi connectivity index (χ1v) is 8.05. The maximum atomic E-state index is 12.5. The number of aryl methyl sites for hydroxylation is 3. The molecule has 2 aromatic rings. The highest BCUT2D eigenvalue weighted by Gasteiger charge is 2.29. The summed E-state index contributed by atoms with van der Waals surface area (Å²) in [7, 11) is 0. The van der Waals surface area contributed by atoms with Crippen LogP contribution in [0, 0.1) is 20.8 Å². The van der Waals surface area contributed by atoms with E-state index in [0.29, 0.717) is 24.8 Å². The van der Waals surface area contributed by atoms with Crippen LogP contribution in [0.1, 0.15) is 34.1 Å². The van der Waals surface area contributed by atoms with E-state index in [1.54, 1.807) is 12.3 Å². The van der Waals surface area contributed by atoms with E-state index in [4.69, 9.17) is 9.15 Å². The van der Waals surface area contributed by atoms with Gasteiger partial charge >= 0.3 is 0 Å². The van der Waals surface area contributed by atoms with Crippen LogP contribution in [0.2, 0.25) is 0 Å². The second-order valence-electron chi connectivity index (χ2n) is 6.05. The average Bonchev–Trinajstić information content (AvgIpc) is 2.88. The zero-order valence-electron chi connectivity index (χ0n) is 14.1. The van der Waals surface area contributed by atoms with Crippen LogP contribution < -0.4 is 10.6 Å². The van der Waals surface area contributed by atoms with Gasteiger partial charge < -0.3 is 19.8 Å². The quantitative estimate of drug-likeness (QED) is 0.891. The largest absolute Gasteiger partial charge is 0.456 e. The van der Waals surface area contributed by atoms with Crippen LogP contribution in [-0.2, 0) is 4.74 Å². The maximum absolute atomic E-state index is 12.5. The Morgan fingerprint density at radius 2 is 2.12 bits per heavy atom. The molecule has 24 heavy (non-hydrogen) atoms. The Morgan fingerprint density at radius 3 is 2.83 bits per heavy atom. The van der Waals surface area contributed by atoms with E-state index in [2.05, 4.69) is 20.6 Å². The van der Waals surface area contributed by atoms with Gasteiger partial charge in [-0.15, -0.1) is 0 Å². The molecule has 0 aliphatic carbocycles. The molecule has 0 radical (unpaired) electrons. The summed E-state index contributed by atoms with van der Waals surface area (Å²) in [5.74, 6) is 2.32. The Kier molecular flexibility index (Phi) is 4.80. The first kappa shape index (κ1) is 16.4. The van der Waals surface area contributed by atoms with Crippen LogP contribution >= 0.6 is 0 Å². The molecular weight excluding hydrogens is 308 g/mol. The van der Waals surface area contributed by atoms with Gasteiger partial charge in [0, 0.05) is 18.4 Å². The number of nitrogens with one attached hydrogen (secondary N) is 2. The Balaban J connectivity index is 1.70. The van der Waals surface area contributed by atoms with Crippen molar-refractivity contribution in [3.63, 3.8) is 0 Å². The van der Waals surface area contributed by atoms with Crippen molar-refractivity contribution >= 4 is 11.7 Å². The monoisotopic (exact) mass is 330 g/mol. The van der Waals surface area contributed by atoms with E-state index in [9.17, 15) is 4.79 Å². The van der Waals surface area contributed by atoms with E-state index < -0.39 is 0 Å². The van der Waals surface area contributed by atoms with Crippen LogP contribution in [0.15, 0.2) is 22.7 Å². The molecule has 3 rings (SSSR count). The van der Waals surface area contributed by atoms with Crippen molar-refractivity contribution in [3.8, 4) is 0 Å². The summed E-state index contributed by atoms with van der Waals surface area (Å²) in [5.41, 5.74) is 0.841. The van der Waals surface area contributed by atoms with E-state index in [0.717, 1.165) is 23.6 Å². The molecule has 3 heterocycles. The van der Waals surface area contributed by atoms with Gasteiger partial charge in [0.15, 0.2) is 5.76 Å². The van der Waals surface area contributed by atoms with Gasteiger partial charge in [-0.3, -0.25) is 4.79 Å². The molecule has 0 bridgehead atoms. The number of hydrogen-bond acceptors (Lipinski definition) is 6. The fourth-order valence-electron chi connectivity index (χ4n) is 2.88. The molecule has 0 unspecified atom stereocenters. The Labute approximate surface area is 140 Å². The van der Waals surface area contributed by atoms with E-state index in [1.165, 1.54) is 0 Å². The molecule has 2 atom stereocenters. The van der Waals surface area contributed by atoms with Gasteiger partial charge in [-0.2, -0.15) is 0 Å². The second kappa shape index (κ2) is 7.00. The van der Waals surface area contributed by atoms with Crippen LogP contribution in [-0.4, -0.2) is 41.2 Å². The fraction of sp³-hybridized carbons (Fsp3) is 0.471. The predicted molar refractivity (Wildman–Crippen MR) is 89.1 cm³/mol. The molecule has 7 heteroatoms. The van der Waals surface area contributed by atoms with Gasteiger partial charge in [0.2, 0.25) is 0 Å². The molecule has 0 aromatic carbocycles. The lowest BCUT2D eigenvalue weighted by Gasteiger charge is -2.32. The van der Waals surface area contributed by atoms with Gasteiger partial charge in [0.05, 0.1) is 18.7 Å². The Hall–Kier alpha value is -2.41. The molecule has 7 nitrogen and oxygen atoms in total. The molecule has 2 aromatic heterocycles. The number of carbonyl (C=O) groups is 1. The number of anilines is 1. The van der Waals surface area contributed by atoms with Gasteiger partial charge in [-0.1, -0.05) is 0 Å². The van der Waals surface area contributed by atoms with Crippen LogP contribution in [0.4, 0.5) is 5.82 Å². The van der Waals surface area contributed by atoms with E-state index >= 15 is 0 Å². The predicted octanol–water partition coefficient (Wildman–Crippen LogP) is 1.99. The van der Waals surface area contributed by atoms with Crippen molar-refractivity contribution in [3.05, 3.63) is 41.2 Å². The Morgan fingerprint density at radius 1 is 1.29 bits per heavy atom. The highest BCUT2D eigenvalue weighted by Crippen LogP contribution is 2.17. The van der Waals surface area contributed by atoms with Gasteiger partial charge in [-0.05, 0) is 39.3 Å².